The van der Waals surface area contributed by atoms with E-state index in [1.54, 1.807) is 28.4 Å². The summed E-state index contributed by atoms with van der Waals surface area (Å²) in [5.74, 6) is -0.334. The molecule has 5 rings (SSSR count). The zero-order valence-corrected chi connectivity index (χ0v) is 20.7. The molecule has 2 heterocycles. The summed E-state index contributed by atoms with van der Waals surface area (Å²) in [6.45, 7) is 4.01. The number of nitro benzene ring substituents is 1. The van der Waals surface area contributed by atoms with E-state index < -0.39 is 10.8 Å². The van der Waals surface area contributed by atoms with Gasteiger partial charge in [-0.1, -0.05) is 30.3 Å². The maximum atomic E-state index is 13.9. The Balaban J connectivity index is 1.73. The molecular weight excluding hydrogens is 472 g/mol. The number of hydrogen-bond donors (Lipinski definition) is 1. The second kappa shape index (κ2) is 9.10. The largest absolute Gasteiger partial charge is 0.384 e. The van der Waals surface area contributed by atoms with Crippen molar-refractivity contribution in [3.8, 4) is 6.07 Å². The first-order valence-electron chi connectivity index (χ1n) is 11.6. The van der Waals surface area contributed by atoms with Crippen molar-refractivity contribution in [2.24, 2.45) is 5.73 Å². The third-order valence-electron chi connectivity index (χ3n) is 6.95. The van der Waals surface area contributed by atoms with Crippen molar-refractivity contribution in [3.05, 3.63) is 114 Å². The molecule has 1 aliphatic heterocycles. The van der Waals surface area contributed by atoms with Crippen LogP contribution in [0.5, 0.6) is 0 Å². The SMILES string of the molecule is Cc1cc([C@@H]2C(C#N)=C(N)N(c3ccc([N+](=O)[O-])cc3)C3=C2C(=O)C[C@@H](c2ccccc2)C3)c(C)s1. The molecule has 2 N–H and O–H groups in total. The minimum atomic E-state index is -0.534. The number of non-ortho nitro benzene ring substituents is 1. The lowest BCUT2D eigenvalue weighted by Crippen LogP contribution is -2.40. The number of nitriles is 1. The van der Waals surface area contributed by atoms with Crippen LogP contribution in [0.15, 0.2) is 83.3 Å². The number of thiophene rings is 1. The van der Waals surface area contributed by atoms with E-state index in [0.717, 1.165) is 26.6 Å². The summed E-state index contributed by atoms with van der Waals surface area (Å²) in [6, 6.07) is 20.3. The molecule has 180 valence electrons. The Morgan fingerprint density at radius 1 is 1.11 bits per heavy atom. The summed E-state index contributed by atoms with van der Waals surface area (Å²) in [5, 5.41) is 21.5. The highest BCUT2D eigenvalue weighted by Gasteiger charge is 2.43. The highest BCUT2D eigenvalue weighted by Crippen LogP contribution is 2.50. The van der Waals surface area contributed by atoms with Gasteiger partial charge in [-0.05, 0) is 55.5 Å². The number of nitro groups is 1. The van der Waals surface area contributed by atoms with E-state index in [0.29, 0.717) is 29.7 Å². The molecule has 2 atom stereocenters. The van der Waals surface area contributed by atoms with Gasteiger partial charge in [0.2, 0.25) is 0 Å². The zero-order valence-electron chi connectivity index (χ0n) is 19.9. The van der Waals surface area contributed by atoms with Gasteiger partial charge >= 0.3 is 0 Å². The molecule has 2 aromatic carbocycles. The van der Waals surface area contributed by atoms with Crippen LogP contribution in [0.2, 0.25) is 0 Å². The number of ketones is 1. The van der Waals surface area contributed by atoms with E-state index in [-0.39, 0.29) is 23.2 Å². The Morgan fingerprint density at radius 3 is 2.39 bits per heavy atom. The van der Waals surface area contributed by atoms with Crippen molar-refractivity contribution in [1.82, 2.24) is 0 Å². The topological polar surface area (TPSA) is 113 Å². The molecule has 1 aromatic heterocycles. The zero-order chi connectivity index (χ0) is 25.6. The molecule has 0 fully saturated rings. The Bertz CT molecular complexity index is 1480. The standard InChI is InChI=1S/C28H24N4O3S/c1-16-12-22(17(2)36-16)26-23(15-29)28(30)31(20-8-10-21(11-9-20)32(34)35)24-13-19(14-25(33)27(24)26)18-6-4-3-5-7-18/h3-12,19,26H,13-14,30H2,1-2H3/t19-,26+/m0/s1. The number of nitrogens with zero attached hydrogens (tertiary/aromatic N) is 3. The summed E-state index contributed by atoms with van der Waals surface area (Å²) in [4.78, 5) is 28.5. The molecule has 7 nitrogen and oxygen atoms in total. The van der Waals surface area contributed by atoms with Crippen molar-refractivity contribution < 1.29 is 9.72 Å². The van der Waals surface area contributed by atoms with E-state index in [9.17, 15) is 20.2 Å². The van der Waals surface area contributed by atoms with E-state index >= 15 is 0 Å². The summed E-state index contributed by atoms with van der Waals surface area (Å²) in [6.07, 6.45) is 0.897. The van der Waals surface area contributed by atoms with Crippen LogP contribution < -0.4 is 10.6 Å². The van der Waals surface area contributed by atoms with Gasteiger partial charge in [-0.15, -0.1) is 11.3 Å². The van der Waals surface area contributed by atoms with Crippen LogP contribution in [-0.4, -0.2) is 10.7 Å². The predicted molar refractivity (Wildman–Crippen MR) is 139 cm³/mol. The smallest absolute Gasteiger partial charge is 0.269 e. The number of allylic oxidation sites excluding steroid dienone is 3. The number of aryl methyl sites for hydroxylation is 2. The number of nitrogens with two attached hydrogens (primary N) is 1. The molecule has 8 heteroatoms. The third-order valence-corrected chi connectivity index (χ3v) is 7.93. The van der Waals surface area contributed by atoms with E-state index in [1.165, 1.54) is 12.1 Å². The van der Waals surface area contributed by atoms with Crippen LogP contribution in [0, 0.1) is 35.3 Å². The average molecular weight is 497 g/mol. The number of anilines is 1. The van der Waals surface area contributed by atoms with Crippen LogP contribution in [-0.2, 0) is 4.79 Å². The van der Waals surface area contributed by atoms with Crippen molar-refractivity contribution in [3.63, 3.8) is 0 Å². The summed E-state index contributed by atoms with van der Waals surface area (Å²) in [5.41, 5.74) is 10.9. The van der Waals surface area contributed by atoms with Gasteiger partial charge < -0.3 is 5.73 Å². The highest BCUT2D eigenvalue weighted by atomic mass is 32.1. The molecule has 2 aliphatic rings. The van der Waals surface area contributed by atoms with Gasteiger partial charge in [0.05, 0.1) is 22.5 Å². The van der Waals surface area contributed by atoms with Gasteiger partial charge in [0, 0.05) is 45.3 Å². The fraction of sp³-hybridized carbons (Fsp3) is 0.214. The van der Waals surface area contributed by atoms with Crippen LogP contribution in [0.4, 0.5) is 11.4 Å². The number of carbonyl (C=O) groups is 1. The lowest BCUT2D eigenvalue weighted by atomic mass is 9.72. The Labute approximate surface area is 212 Å². The van der Waals surface area contributed by atoms with Gasteiger partial charge in [0.15, 0.2) is 5.78 Å². The second-order valence-electron chi connectivity index (χ2n) is 9.12. The third kappa shape index (κ3) is 3.88. The number of hydrogen-bond acceptors (Lipinski definition) is 7. The predicted octanol–water partition coefficient (Wildman–Crippen LogP) is 5.97. The number of carbonyl (C=O) groups excluding carboxylic acids is 1. The lowest BCUT2D eigenvalue weighted by molar-refractivity contribution is -0.384. The minimum Gasteiger partial charge on any atom is -0.384 e. The average Bonchev–Trinajstić information content (AvgIpc) is 3.21. The van der Waals surface area contributed by atoms with Gasteiger partial charge in [0.25, 0.3) is 5.69 Å². The molecule has 0 saturated carbocycles. The highest BCUT2D eigenvalue weighted by molar-refractivity contribution is 7.12. The van der Waals surface area contributed by atoms with Gasteiger partial charge in [-0.25, -0.2) is 0 Å². The Hall–Kier alpha value is -4.22. The molecule has 0 radical (unpaired) electrons. The lowest BCUT2D eigenvalue weighted by Gasteiger charge is -2.41. The second-order valence-corrected chi connectivity index (χ2v) is 10.6. The van der Waals surface area contributed by atoms with Gasteiger partial charge in [-0.2, -0.15) is 5.26 Å². The molecule has 0 saturated heterocycles. The maximum absolute atomic E-state index is 13.9. The van der Waals surface area contributed by atoms with Crippen molar-refractivity contribution in [1.29, 1.82) is 5.26 Å². The first-order valence-corrected chi connectivity index (χ1v) is 12.4. The van der Waals surface area contributed by atoms with Crippen LogP contribution in [0.3, 0.4) is 0 Å². The van der Waals surface area contributed by atoms with Gasteiger partial charge in [0.1, 0.15) is 5.82 Å². The van der Waals surface area contributed by atoms with Crippen LogP contribution in [0.1, 0.15) is 45.6 Å². The molecule has 0 amide bonds. The summed E-state index contributed by atoms with van der Waals surface area (Å²) >= 11 is 1.63. The molecular formula is C28H24N4O3S. The van der Waals surface area contributed by atoms with Crippen molar-refractivity contribution in [2.75, 3.05) is 4.90 Å². The minimum absolute atomic E-state index is 0.00878. The van der Waals surface area contributed by atoms with E-state index in [2.05, 4.69) is 6.07 Å². The summed E-state index contributed by atoms with van der Waals surface area (Å²) in [7, 11) is 0. The quantitative estimate of drug-likeness (QED) is 0.352. The van der Waals surface area contributed by atoms with Crippen LogP contribution in [0.25, 0.3) is 0 Å². The summed E-state index contributed by atoms with van der Waals surface area (Å²) < 4.78 is 0. The molecule has 0 unspecified atom stereocenters. The van der Waals surface area contributed by atoms with E-state index in [4.69, 9.17) is 5.73 Å². The molecule has 1 aliphatic carbocycles. The Morgan fingerprint density at radius 2 is 1.81 bits per heavy atom. The number of benzene rings is 2. The number of rotatable bonds is 4. The van der Waals surface area contributed by atoms with Crippen molar-refractivity contribution >= 4 is 28.5 Å². The molecule has 0 spiro atoms. The Kier molecular flexibility index (Phi) is 5.94. The van der Waals surface area contributed by atoms with Gasteiger partial charge in [-0.3, -0.25) is 19.8 Å². The first kappa shape index (κ1) is 23.5. The number of Topliss-reactive ketones (excluding diaryl/α,β-unsaturated/α-hetero) is 1. The molecule has 3 aromatic rings. The van der Waals surface area contributed by atoms with E-state index in [1.807, 2.05) is 50.2 Å². The molecule has 0 bridgehead atoms. The normalized spacial score (nSPS) is 19.8. The molecule has 36 heavy (non-hydrogen) atoms. The van der Waals surface area contributed by atoms with Crippen molar-refractivity contribution in [2.45, 2.75) is 38.5 Å². The monoisotopic (exact) mass is 496 g/mol. The fourth-order valence-electron chi connectivity index (χ4n) is 5.36. The van der Waals surface area contributed by atoms with Crippen LogP contribution >= 0.6 is 11.3 Å². The maximum Gasteiger partial charge on any atom is 0.269 e. The fourth-order valence-corrected chi connectivity index (χ4v) is 6.32. The first-order chi connectivity index (χ1) is 17.3.